The summed E-state index contributed by atoms with van der Waals surface area (Å²) >= 11 is 0. The first kappa shape index (κ1) is 22.7. The number of carbonyl (C=O) groups is 1. The minimum Gasteiger partial charge on any atom is -0.457 e. The average molecular weight is 441 g/mol. The van der Waals surface area contributed by atoms with E-state index in [1.807, 2.05) is 49.4 Å². The van der Waals surface area contributed by atoms with Crippen molar-refractivity contribution in [2.75, 3.05) is 0 Å². The highest BCUT2D eigenvalue weighted by Gasteiger charge is 2.23. The van der Waals surface area contributed by atoms with E-state index in [0.29, 0.717) is 6.42 Å². The van der Waals surface area contributed by atoms with Gasteiger partial charge in [-0.3, -0.25) is 4.79 Å². The molecule has 1 heterocycles. The first-order chi connectivity index (χ1) is 16.1. The van der Waals surface area contributed by atoms with Crippen molar-refractivity contribution in [1.29, 1.82) is 0 Å². The van der Waals surface area contributed by atoms with Gasteiger partial charge in [0.05, 0.1) is 0 Å². The van der Waals surface area contributed by atoms with Crippen molar-refractivity contribution < 1.29 is 9.53 Å². The first-order valence-electron chi connectivity index (χ1n) is 11.8. The molecule has 0 aliphatic carbocycles. The Morgan fingerprint density at radius 2 is 1.67 bits per heavy atom. The number of ether oxygens (including phenoxy) is 1. The molecule has 0 aliphatic heterocycles. The molecule has 4 aromatic rings. The number of hydrogen-bond donors (Lipinski definition) is 1. The van der Waals surface area contributed by atoms with Gasteiger partial charge in [-0.2, -0.15) is 0 Å². The van der Waals surface area contributed by atoms with Crippen molar-refractivity contribution in [1.82, 2.24) is 9.88 Å². The van der Waals surface area contributed by atoms with E-state index in [2.05, 4.69) is 66.3 Å². The van der Waals surface area contributed by atoms with Gasteiger partial charge >= 0.3 is 0 Å². The van der Waals surface area contributed by atoms with Gasteiger partial charge in [0, 0.05) is 42.0 Å². The molecular weight excluding hydrogens is 408 g/mol. The SMILES string of the molecule is CC[C@@H](C)NC(=O)C[C@H](c1cccc(Oc2ccccc2)c1)c1cn(CC)c2ccccc12. The van der Waals surface area contributed by atoms with Crippen LogP contribution in [0.3, 0.4) is 0 Å². The molecule has 1 amide bonds. The summed E-state index contributed by atoms with van der Waals surface area (Å²) in [6.45, 7) is 7.16. The molecule has 3 aromatic carbocycles. The van der Waals surface area contributed by atoms with Gasteiger partial charge in [-0.15, -0.1) is 0 Å². The van der Waals surface area contributed by atoms with E-state index in [-0.39, 0.29) is 17.9 Å². The van der Waals surface area contributed by atoms with E-state index in [4.69, 9.17) is 4.74 Å². The van der Waals surface area contributed by atoms with Gasteiger partial charge < -0.3 is 14.6 Å². The summed E-state index contributed by atoms with van der Waals surface area (Å²) in [5.41, 5.74) is 3.43. The van der Waals surface area contributed by atoms with Crippen LogP contribution in [0.4, 0.5) is 0 Å². The van der Waals surface area contributed by atoms with Crippen LogP contribution in [0.2, 0.25) is 0 Å². The van der Waals surface area contributed by atoms with Crippen LogP contribution in [-0.4, -0.2) is 16.5 Å². The van der Waals surface area contributed by atoms with E-state index in [1.54, 1.807) is 0 Å². The van der Waals surface area contributed by atoms with E-state index in [1.165, 1.54) is 16.5 Å². The second-order valence-electron chi connectivity index (χ2n) is 8.51. The van der Waals surface area contributed by atoms with Crippen LogP contribution in [0, 0.1) is 0 Å². The molecule has 0 fully saturated rings. The van der Waals surface area contributed by atoms with E-state index >= 15 is 0 Å². The maximum atomic E-state index is 13.0. The highest BCUT2D eigenvalue weighted by Crippen LogP contribution is 2.36. The zero-order chi connectivity index (χ0) is 23.2. The third-order valence-corrected chi connectivity index (χ3v) is 6.18. The van der Waals surface area contributed by atoms with Crippen molar-refractivity contribution >= 4 is 16.8 Å². The normalized spacial score (nSPS) is 12.9. The number of aryl methyl sites for hydroxylation is 1. The van der Waals surface area contributed by atoms with Crippen molar-refractivity contribution in [2.24, 2.45) is 0 Å². The summed E-state index contributed by atoms with van der Waals surface area (Å²) in [6, 6.07) is 26.5. The number of fused-ring (bicyclic) bond motifs is 1. The Kier molecular flexibility index (Phi) is 7.13. The highest BCUT2D eigenvalue weighted by molar-refractivity contribution is 5.86. The number of benzene rings is 3. The number of nitrogens with one attached hydrogen (secondary N) is 1. The van der Waals surface area contributed by atoms with Crippen LogP contribution in [0.1, 0.15) is 50.7 Å². The van der Waals surface area contributed by atoms with Crippen molar-refractivity contribution in [2.45, 2.75) is 52.1 Å². The van der Waals surface area contributed by atoms with E-state index < -0.39 is 0 Å². The predicted octanol–water partition coefficient (Wildman–Crippen LogP) is 6.89. The molecule has 0 bridgehead atoms. The van der Waals surface area contributed by atoms with Crippen LogP contribution in [0.5, 0.6) is 11.5 Å². The summed E-state index contributed by atoms with van der Waals surface area (Å²) in [5.74, 6) is 1.55. The van der Waals surface area contributed by atoms with Gasteiger partial charge in [0.15, 0.2) is 0 Å². The number of para-hydroxylation sites is 2. The molecule has 0 unspecified atom stereocenters. The van der Waals surface area contributed by atoms with Gasteiger partial charge in [0.2, 0.25) is 5.91 Å². The Balaban J connectivity index is 1.74. The summed E-state index contributed by atoms with van der Waals surface area (Å²) < 4.78 is 8.36. The van der Waals surface area contributed by atoms with E-state index in [9.17, 15) is 4.79 Å². The number of aromatic nitrogens is 1. The fourth-order valence-corrected chi connectivity index (χ4v) is 4.26. The molecule has 4 heteroatoms. The van der Waals surface area contributed by atoms with Crippen LogP contribution in [0.15, 0.2) is 85.1 Å². The zero-order valence-corrected chi connectivity index (χ0v) is 19.6. The third kappa shape index (κ3) is 5.28. The first-order valence-corrected chi connectivity index (χ1v) is 11.8. The molecule has 170 valence electrons. The zero-order valence-electron chi connectivity index (χ0n) is 19.6. The largest absolute Gasteiger partial charge is 0.457 e. The lowest BCUT2D eigenvalue weighted by atomic mass is 9.87. The monoisotopic (exact) mass is 440 g/mol. The smallest absolute Gasteiger partial charge is 0.221 e. The molecule has 2 atom stereocenters. The summed E-state index contributed by atoms with van der Waals surface area (Å²) in [6.07, 6.45) is 3.50. The maximum absolute atomic E-state index is 13.0. The van der Waals surface area contributed by atoms with Crippen LogP contribution >= 0.6 is 0 Å². The Labute approximate surface area is 196 Å². The molecule has 0 spiro atoms. The topological polar surface area (TPSA) is 43.3 Å². The number of rotatable bonds is 9. The Morgan fingerprint density at radius 1 is 0.939 bits per heavy atom. The average Bonchev–Trinajstić information content (AvgIpc) is 3.22. The molecule has 0 aliphatic rings. The summed E-state index contributed by atoms with van der Waals surface area (Å²) in [5, 5.41) is 4.34. The fourth-order valence-electron chi connectivity index (χ4n) is 4.26. The van der Waals surface area contributed by atoms with Crippen molar-refractivity contribution in [3.05, 3.63) is 96.2 Å². The predicted molar refractivity (Wildman–Crippen MR) is 135 cm³/mol. The lowest BCUT2D eigenvalue weighted by Crippen LogP contribution is -2.33. The summed E-state index contributed by atoms with van der Waals surface area (Å²) in [4.78, 5) is 13.0. The lowest BCUT2D eigenvalue weighted by Gasteiger charge is -2.20. The number of hydrogen-bond acceptors (Lipinski definition) is 2. The molecule has 33 heavy (non-hydrogen) atoms. The van der Waals surface area contributed by atoms with Crippen LogP contribution < -0.4 is 10.1 Å². The third-order valence-electron chi connectivity index (χ3n) is 6.18. The Hall–Kier alpha value is -3.53. The standard InChI is InChI=1S/C29H32N2O2/c1-4-21(3)30-29(32)19-26(27-20-31(5-2)28-17-10-9-16-25(27)28)22-12-11-15-24(18-22)33-23-13-7-6-8-14-23/h6-18,20-21,26H,4-5,19H2,1-3H3,(H,30,32)/t21-,26-/m1/s1. The number of nitrogens with zero attached hydrogens (tertiary/aromatic N) is 1. The number of carbonyl (C=O) groups excluding carboxylic acids is 1. The molecule has 1 aromatic heterocycles. The molecule has 0 radical (unpaired) electrons. The quantitative estimate of drug-likeness (QED) is 0.308. The molecule has 1 N–H and O–H groups in total. The Bertz CT molecular complexity index is 1210. The Morgan fingerprint density at radius 3 is 2.42 bits per heavy atom. The minimum absolute atomic E-state index is 0.0667. The number of amides is 1. The van der Waals surface area contributed by atoms with Crippen molar-refractivity contribution in [3.8, 4) is 11.5 Å². The second-order valence-corrected chi connectivity index (χ2v) is 8.51. The highest BCUT2D eigenvalue weighted by atomic mass is 16.5. The lowest BCUT2D eigenvalue weighted by molar-refractivity contribution is -0.121. The van der Waals surface area contributed by atoms with Gasteiger partial charge in [-0.1, -0.05) is 55.5 Å². The molecule has 0 saturated carbocycles. The summed E-state index contributed by atoms with van der Waals surface area (Å²) in [7, 11) is 0. The molecule has 4 rings (SSSR count). The van der Waals surface area contributed by atoms with Crippen molar-refractivity contribution in [3.63, 3.8) is 0 Å². The van der Waals surface area contributed by atoms with Crippen LogP contribution in [0.25, 0.3) is 10.9 Å². The van der Waals surface area contributed by atoms with Gasteiger partial charge in [0.25, 0.3) is 0 Å². The molecule has 0 saturated heterocycles. The van der Waals surface area contributed by atoms with Crippen LogP contribution in [-0.2, 0) is 11.3 Å². The van der Waals surface area contributed by atoms with Gasteiger partial charge in [0.1, 0.15) is 11.5 Å². The van der Waals surface area contributed by atoms with Gasteiger partial charge in [-0.05, 0) is 61.7 Å². The molecular formula is C29H32N2O2. The molecule has 4 nitrogen and oxygen atoms in total. The minimum atomic E-state index is -0.0777. The van der Waals surface area contributed by atoms with E-state index in [0.717, 1.165) is 30.0 Å². The fraction of sp³-hybridized carbons (Fsp3) is 0.276. The second kappa shape index (κ2) is 10.4. The maximum Gasteiger partial charge on any atom is 0.221 e. The van der Waals surface area contributed by atoms with Gasteiger partial charge in [-0.25, -0.2) is 0 Å².